The molecule has 1 N–H and O–H groups in total. The van der Waals surface area contributed by atoms with Crippen LogP contribution in [0.5, 0.6) is 5.75 Å². The van der Waals surface area contributed by atoms with Crippen LogP contribution in [-0.4, -0.2) is 22.7 Å². The van der Waals surface area contributed by atoms with Gasteiger partial charge in [-0.05, 0) is 32.0 Å². The van der Waals surface area contributed by atoms with Crippen LogP contribution >= 0.6 is 0 Å². The molecule has 0 atom stereocenters. The summed E-state index contributed by atoms with van der Waals surface area (Å²) in [6.45, 7) is 3.67. The molecule has 1 heterocycles. The number of rotatable bonds is 3. The third-order valence-corrected chi connectivity index (χ3v) is 2.35. The van der Waals surface area contributed by atoms with Crippen molar-refractivity contribution in [3.8, 4) is 17.2 Å². The van der Waals surface area contributed by atoms with Gasteiger partial charge in [-0.2, -0.15) is 0 Å². The molecule has 2 aromatic rings. The van der Waals surface area contributed by atoms with E-state index in [1.165, 1.54) is 6.07 Å². The first kappa shape index (κ1) is 12.2. The van der Waals surface area contributed by atoms with Gasteiger partial charge in [0, 0.05) is 5.56 Å². The number of aryl methyl sites for hydroxylation is 1. The second kappa shape index (κ2) is 4.91. The molecule has 1 aromatic carbocycles. The normalized spacial score (nSPS) is 10.3. The number of phenols is 1. The van der Waals surface area contributed by atoms with Gasteiger partial charge in [-0.1, -0.05) is 6.07 Å². The first-order valence-corrected chi connectivity index (χ1v) is 5.55. The van der Waals surface area contributed by atoms with E-state index in [0.717, 1.165) is 0 Å². The molecule has 2 rings (SSSR count). The fourth-order valence-electron chi connectivity index (χ4n) is 1.54. The topological polar surface area (TPSA) is 72.6 Å². The highest BCUT2D eigenvalue weighted by Gasteiger charge is 2.19. The molecular weight excluding hydrogens is 234 g/mol. The van der Waals surface area contributed by atoms with Crippen molar-refractivity contribution >= 4 is 5.97 Å². The number of ether oxygens (including phenoxy) is 1. The summed E-state index contributed by atoms with van der Waals surface area (Å²) in [4.78, 5) is 15.7. The summed E-state index contributed by atoms with van der Waals surface area (Å²) in [5.41, 5.74) is 1.07. The van der Waals surface area contributed by atoms with E-state index in [-0.39, 0.29) is 24.0 Å². The van der Waals surface area contributed by atoms with Crippen LogP contribution in [0.3, 0.4) is 0 Å². The highest BCUT2D eigenvalue weighted by molar-refractivity contribution is 5.87. The summed E-state index contributed by atoms with van der Waals surface area (Å²) >= 11 is 0. The Morgan fingerprint density at radius 2 is 2.28 bits per heavy atom. The summed E-state index contributed by atoms with van der Waals surface area (Å²) in [6, 6.07) is 6.47. The number of carbonyl (C=O) groups excluding carboxylic acids is 1. The number of carbonyl (C=O) groups is 1. The van der Waals surface area contributed by atoms with Crippen LogP contribution in [0.2, 0.25) is 0 Å². The Morgan fingerprint density at radius 1 is 1.50 bits per heavy atom. The van der Waals surface area contributed by atoms with E-state index < -0.39 is 5.97 Å². The van der Waals surface area contributed by atoms with Gasteiger partial charge < -0.3 is 14.3 Å². The molecule has 1 aromatic heterocycles. The lowest BCUT2D eigenvalue weighted by Crippen LogP contribution is -2.04. The molecular formula is C13H13NO4. The Morgan fingerprint density at radius 3 is 2.94 bits per heavy atom. The minimum Gasteiger partial charge on any atom is -0.508 e. The zero-order valence-electron chi connectivity index (χ0n) is 10.1. The van der Waals surface area contributed by atoms with Crippen LogP contribution in [0.4, 0.5) is 0 Å². The van der Waals surface area contributed by atoms with Crippen LogP contribution in [0.15, 0.2) is 28.7 Å². The second-order valence-electron chi connectivity index (χ2n) is 3.70. The maximum Gasteiger partial charge on any atom is 0.376 e. The van der Waals surface area contributed by atoms with Crippen LogP contribution < -0.4 is 0 Å². The van der Waals surface area contributed by atoms with Crippen LogP contribution in [0.25, 0.3) is 11.5 Å². The SMILES string of the molecule is CCOC(=O)c1oc(-c2cccc(O)c2)nc1C. The monoisotopic (exact) mass is 247 g/mol. The number of benzene rings is 1. The Hall–Kier alpha value is -2.30. The third-order valence-electron chi connectivity index (χ3n) is 2.35. The molecule has 0 amide bonds. The highest BCUT2D eigenvalue weighted by atomic mass is 16.5. The molecule has 0 fully saturated rings. The molecule has 0 spiro atoms. The molecule has 0 aliphatic rings. The van der Waals surface area contributed by atoms with E-state index in [4.69, 9.17) is 9.15 Å². The molecule has 0 bridgehead atoms. The molecule has 0 saturated carbocycles. The van der Waals surface area contributed by atoms with E-state index in [0.29, 0.717) is 11.3 Å². The van der Waals surface area contributed by atoms with Crippen molar-refractivity contribution in [2.45, 2.75) is 13.8 Å². The van der Waals surface area contributed by atoms with Crippen molar-refractivity contribution in [3.63, 3.8) is 0 Å². The molecule has 0 saturated heterocycles. The number of aromatic nitrogens is 1. The van der Waals surface area contributed by atoms with Crippen molar-refractivity contribution in [1.29, 1.82) is 0 Å². The first-order chi connectivity index (χ1) is 8.61. The average molecular weight is 247 g/mol. The predicted molar refractivity (Wildman–Crippen MR) is 64.3 cm³/mol. The van der Waals surface area contributed by atoms with Gasteiger partial charge in [0.25, 0.3) is 0 Å². The van der Waals surface area contributed by atoms with Crippen molar-refractivity contribution < 1.29 is 19.1 Å². The minimum atomic E-state index is -0.533. The van der Waals surface area contributed by atoms with E-state index >= 15 is 0 Å². The van der Waals surface area contributed by atoms with Gasteiger partial charge in [0.2, 0.25) is 11.7 Å². The number of nitrogens with zero attached hydrogens (tertiary/aromatic N) is 1. The van der Waals surface area contributed by atoms with Gasteiger partial charge in [-0.15, -0.1) is 0 Å². The summed E-state index contributed by atoms with van der Waals surface area (Å²) in [5.74, 6) is -0.0448. The molecule has 5 nitrogen and oxygen atoms in total. The van der Waals surface area contributed by atoms with Gasteiger partial charge in [-0.3, -0.25) is 0 Å². The molecule has 18 heavy (non-hydrogen) atoms. The molecule has 0 unspecified atom stereocenters. The van der Waals surface area contributed by atoms with E-state index in [9.17, 15) is 9.90 Å². The summed E-state index contributed by atoms with van der Waals surface area (Å²) in [6.07, 6.45) is 0. The fourth-order valence-corrected chi connectivity index (χ4v) is 1.54. The lowest BCUT2D eigenvalue weighted by atomic mass is 10.2. The number of hydrogen-bond donors (Lipinski definition) is 1. The zero-order chi connectivity index (χ0) is 13.1. The van der Waals surface area contributed by atoms with E-state index in [1.54, 1.807) is 32.0 Å². The molecule has 0 aliphatic heterocycles. The number of hydrogen-bond acceptors (Lipinski definition) is 5. The van der Waals surface area contributed by atoms with E-state index in [2.05, 4.69) is 4.98 Å². The maximum absolute atomic E-state index is 11.6. The average Bonchev–Trinajstić information content (AvgIpc) is 2.72. The van der Waals surface area contributed by atoms with Crippen molar-refractivity contribution in [3.05, 3.63) is 35.7 Å². The van der Waals surface area contributed by atoms with Crippen LogP contribution in [0, 0.1) is 6.92 Å². The molecule has 94 valence electrons. The summed E-state index contributed by atoms with van der Waals surface area (Å²) < 4.78 is 10.2. The number of oxazole rings is 1. The number of esters is 1. The number of aromatic hydroxyl groups is 1. The largest absolute Gasteiger partial charge is 0.508 e. The standard InChI is InChI=1S/C13H13NO4/c1-3-17-13(16)11-8(2)14-12(18-11)9-5-4-6-10(15)7-9/h4-7,15H,3H2,1-2H3. The van der Waals surface area contributed by atoms with Gasteiger partial charge in [0.1, 0.15) is 5.75 Å². The van der Waals surface area contributed by atoms with Crippen molar-refractivity contribution in [2.24, 2.45) is 0 Å². The van der Waals surface area contributed by atoms with Crippen molar-refractivity contribution in [1.82, 2.24) is 4.98 Å². The predicted octanol–water partition coefficient (Wildman–Crippen LogP) is 2.53. The summed E-state index contributed by atoms with van der Waals surface area (Å²) in [5, 5.41) is 9.38. The van der Waals surface area contributed by atoms with Gasteiger partial charge in [0.05, 0.1) is 12.3 Å². The van der Waals surface area contributed by atoms with Gasteiger partial charge >= 0.3 is 5.97 Å². The first-order valence-electron chi connectivity index (χ1n) is 5.55. The smallest absolute Gasteiger partial charge is 0.376 e. The van der Waals surface area contributed by atoms with Crippen LogP contribution in [0.1, 0.15) is 23.2 Å². The molecule has 0 aliphatic carbocycles. The van der Waals surface area contributed by atoms with E-state index in [1.807, 2.05) is 0 Å². The van der Waals surface area contributed by atoms with Crippen LogP contribution in [-0.2, 0) is 4.74 Å². The third kappa shape index (κ3) is 2.34. The Labute approximate surface area is 104 Å². The van der Waals surface area contributed by atoms with Gasteiger partial charge in [-0.25, -0.2) is 9.78 Å². The molecule has 0 radical (unpaired) electrons. The zero-order valence-corrected chi connectivity index (χ0v) is 10.1. The highest BCUT2D eigenvalue weighted by Crippen LogP contribution is 2.25. The van der Waals surface area contributed by atoms with Crippen molar-refractivity contribution in [2.75, 3.05) is 6.61 Å². The Kier molecular flexibility index (Phi) is 3.32. The summed E-state index contributed by atoms with van der Waals surface area (Å²) in [7, 11) is 0. The lowest BCUT2D eigenvalue weighted by molar-refractivity contribution is 0.0490. The lowest BCUT2D eigenvalue weighted by Gasteiger charge is -1.98. The Bertz CT molecular complexity index is 574. The van der Waals surface area contributed by atoms with Gasteiger partial charge in [0.15, 0.2) is 0 Å². The minimum absolute atomic E-state index is 0.0928. The maximum atomic E-state index is 11.6. The Balaban J connectivity index is 2.37. The second-order valence-corrected chi connectivity index (χ2v) is 3.70. The number of phenolic OH excluding ortho intramolecular Hbond substituents is 1. The quantitative estimate of drug-likeness (QED) is 0.844. The molecule has 5 heteroatoms. The fraction of sp³-hybridized carbons (Fsp3) is 0.231.